The van der Waals surface area contributed by atoms with Crippen molar-refractivity contribution in [3.8, 4) is 17.1 Å². The fraction of sp³-hybridized carbons (Fsp3) is 0.346. The van der Waals surface area contributed by atoms with Crippen LogP contribution < -0.4 is 5.32 Å². The summed E-state index contributed by atoms with van der Waals surface area (Å²) >= 11 is 2.61. The lowest BCUT2D eigenvalue weighted by Crippen LogP contribution is -2.38. The van der Waals surface area contributed by atoms with Gasteiger partial charge in [-0.05, 0) is 43.3 Å². The van der Waals surface area contributed by atoms with Gasteiger partial charge in [-0.15, -0.1) is 21.5 Å². The van der Waals surface area contributed by atoms with E-state index in [2.05, 4.69) is 30.4 Å². The fourth-order valence-electron chi connectivity index (χ4n) is 4.13. The van der Waals surface area contributed by atoms with Crippen molar-refractivity contribution in [2.45, 2.75) is 23.5 Å². The number of alkyl halides is 3. The van der Waals surface area contributed by atoms with Crippen molar-refractivity contribution in [1.82, 2.24) is 34.9 Å². The number of morpholine rings is 1. The van der Waals surface area contributed by atoms with E-state index in [1.54, 1.807) is 40.5 Å². The van der Waals surface area contributed by atoms with Gasteiger partial charge in [-0.3, -0.25) is 19.2 Å². The van der Waals surface area contributed by atoms with E-state index in [0.717, 1.165) is 51.4 Å². The predicted octanol–water partition coefficient (Wildman–Crippen LogP) is 4.55. The van der Waals surface area contributed by atoms with Gasteiger partial charge in [-0.25, -0.2) is 4.98 Å². The van der Waals surface area contributed by atoms with Crippen LogP contribution in [0.5, 0.6) is 0 Å². The molecule has 1 amide bonds. The first-order valence-corrected chi connectivity index (χ1v) is 14.4. The van der Waals surface area contributed by atoms with Crippen molar-refractivity contribution in [3.63, 3.8) is 0 Å². The molecule has 0 radical (unpaired) electrons. The van der Waals surface area contributed by atoms with Crippen LogP contribution in [0.4, 0.5) is 13.2 Å². The number of rotatable bonds is 10. The van der Waals surface area contributed by atoms with Crippen molar-refractivity contribution < 1.29 is 22.7 Å². The Labute approximate surface area is 236 Å². The molecule has 1 aromatic carbocycles. The molecule has 4 heterocycles. The van der Waals surface area contributed by atoms with Crippen molar-refractivity contribution in [3.05, 3.63) is 70.4 Å². The van der Waals surface area contributed by atoms with Gasteiger partial charge in [0.1, 0.15) is 10.7 Å². The SMILES string of the molecule is O=C(NCCCN1CCOCC1)c1csc(CSc2nnc(-c3cccnc3)n2-c2cccc(C(F)(F)F)c2)n1. The van der Waals surface area contributed by atoms with Gasteiger partial charge in [0.25, 0.3) is 5.91 Å². The van der Waals surface area contributed by atoms with Gasteiger partial charge in [0, 0.05) is 43.0 Å². The number of thioether (sulfide) groups is 1. The molecule has 0 aliphatic carbocycles. The first kappa shape index (κ1) is 28.2. The van der Waals surface area contributed by atoms with E-state index in [-0.39, 0.29) is 11.6 Å². The predicted molar refractivity (Wildman–Crippen MR) is 145 cm³/mol. The molecule has 40 heavy (non-hydrogen) atoms. The van der Waals surface area contributed by atoms with Gasteiger partial charge in [0.05, 0.1) is 30.2 Å². The number of hydrogen-bond acceptors (Lipinski definition) is 9. The highest BCUT2D eigenvalue weighted by atomic mass is 32.2. The third-order valence-corrected chi connectivity index (χ3v) is 8.11. The van der Waals surface area contributed by atoms with E-state index in [4.69, 9.17) is 4.74 Å². The third-order valence-electron chi connectivity index (χ3n) is 6.13. The summed E-state index contributed by atoms with van der Waals surface area (Å²) in [5.41, 5.74) is 0.452. The Morgan fingerprint density at radius 1 is 1.15 bits per heavy atom. The Balaban J connectivity index is 1.26. The van der Waals surface area contributed by atoms with Gasteiger partial charge in [0.15, 0.2) is 11.0 Å². The summed E-state index contributed by atoms with van der Waals surface area (Å²) < 4.78 is 47.3. The van der Waals surface area contributed by atoms with Crippen LogP contribution in [0.25, 0.3) is 17.1 Å². The second-order valence-corrected chi connectivity index (χ2v) is 10.8. The first-order valence-electron chi connectivity index (χ1n) is 12.6. The van der Waals surface area contributed by atoms with E-state index >= 15 is 0 Å². The zero-order chi connectivity index (χ0) is 28.0. The standard InChI is InChI=1S/C26H26F3N7O2S2/c27-26(28,29)19-5-1-6-20(14-19)36-23(18-4-2-7-30-15-18)33-34-25(36)40-17-22-32-21(16-39-22)24(37)31-8-3-9-35-10-12-38-13-11-35/h1-2,4-7,14-16H,3,8-13,17H2,(H,31,37). The molecule has 4 aromatic rings. The highest BCUT2D eigenvalue weighted by Gasteiger charge is 2.31. The highest BCUT2D eigenvalue weighted by Crippen LogP contribution is 2.34. The van der Waals surface area contributed by atoms with Gasteiger partial charge in [-0.1, -0.05) is 17.8 Å². The van der Waals surface area contributed by atoms with Crippen LogP contribution in [0.15, 0.2) is 59.3 Å². The Bertz CT molecular complexity index is 1420. The zero-order valence-corrected chi connectivity index (χ0v) is 22.9. The average Bonchev–Trinajstić information content (AvgIpc) is 3.62. The van der Waals surface area contributed by atoms with Crippen LogP contribution in [0, 0.1) is 0 Å². The lowest BCUT2D eigenvalue weighted by Gasteiger charge is -2.26. The highest BCUT2D eigenvalue weighted by molar-refractivity contribution is 7.98. The molecule has 1 fully saturated rings. The van der Waals surface area contributed by atoms with Crippen LogP contribution in [0.3, 0.4) is 0 Å². The van der Waals surface area contributed by atoms with Gasteiger partial charge < -0.3 is 10.1 Å². The second-order valence-electron chi connectivity index (χ2n) is 8.91. The average molecular weight is 590 g/mol. The normalized spacial score (nSPS) is 14.4. The molecule has 1 N–H and O–H groups in total. The number of amides is 1. The molecule has 0 unspecified atom stereocenters. The topological polar surface area (TPSA) is 98.1 Å². The third kappa shape index (κ3) is 7.05. The van der Waals surface area contributed by atoms with Crippen LogP contribution in [-0.2, 0) is 16.7 Å². The van der Waals surface area contributed by atoms with E-state index in [1.165, 1.54) is 29.2 Å². The van der Waals surface area contributed by atoms with E-state index in [0.29, 0.717) is 39.5 Å². The fourth-order valence-corrected chi connectivity index (χ4v) is 5.87. The van der Waals surface area contributed by atoms with Crippen LogP contribution in [0.2, 0.25) is 0 Å². The molecule has 1 aliphatic heterocycles. The molecule has 1 saturated heterocycles. The summed E-state index contributed by atoms with van der Waals surface area (Å²) in [5.74, 6) is 0.491. The maximum Gasteiger partial charge on any atom is 0.416 e. The van der Waals surface area contributed by atoms with E-state index in [9.17, 15) is 18.0 Å². The summed E-state index contributed by atoms with van der Waals surface area (Å²) in [4.78, 5) is 23.4. The van der Waals surface area contributed by atoms with Gasteiger partial charge >= 0.3 is 6.18 Å². The monoisotopic (exact) mass is 589 g/mol. The molecule has 5 rings (SSSR count). The summed E-state index contributed by atoms with van der Waals surface area (Å²) in [6.07, 6.45) is -0.477. The van der Waals surface area contributed by atoms with Crippen molar-refractivity contribution in [2.24, 2.45) is 0 Å². The van der Waals surface area contributed by atoms with Crippen molar-refractivity contribution in [1.29, 1.82) is 0 Å². The van der Waals surface area contributed by atoms with Crippen molar-refractivity contribution in [2.75, 3.05) is 39.4 Å². The zero-order valence-electron chi connectivity index (χ0n) is 21.3. The minimum atomic E-state index is -4.49. The van der Waals surface area contributed by atoms with Crippen LogP contribution >= 0.6 is 23.1 Å². The van der Waals surface area contributed by atoms with Gasteiger partial charge in [0.2, 0.25) is 0 Å². The molecule has 0 saturated carbocycles. The van der Waals surface area contributed by atoms with Crippen molar-refractivity contribution >= 4 is 29.0 Å². The first-order chi connectivity index (χ1) is 19.4. The molecule has 210 valence electrons. The lowest BCUT2D eigenvalue weighted by molar-refractivity contribution is -0.137. The Morgan fingerprint density at radius 2 is 2.00 bits per heavy atom. The summed E-state index contributed by atoms with van der Waals surface area (Å²) in [6.45, 7) is 4.75. The molecule has 14 heteroatoms. The number of benzene rings is 1. The molecular weight excluding hydrogens is 563 g/mol. The molecule has 0 bridgehead atoms. The largest absolute Gasteiger partial charge is 0.416 e. The number of thiazole rings is 1. The summed E-state index contributed by atoms with van der Waals surface area (Å²) in [5, 5.41) is 14.2. The van der Waals surface area contributed by atoms with Crippen LogP contribution in [0.1, 0.15) is 27.5 Å². The molecule has 1 aliphatic rings. The molecular formula is C26H26F3N7O2S2. The Kier molecular flexibility index (Phi) is 9.09. The maximum absolute atomic E-state index is 13.5. The maximum atomic E-state index is 13.5. The summed E-state index contributed by atoms with van der Waals surface area (Å²) in [6, 6.07) is 8.51. The molecule has 0 spiro atoms. The number of nitrogens with one attached hydrogen (secondary N) is 1. The molecule has 9 nitrogen and oxygen atoms in total. The molecule has 3 aromatic heterocycles. The second kappa shape index (κ2) is 12.9. The number of aromatic nitrogens is 5. The van der Waals surface area contributed by atoms with Crippen LogP contribution in [-0.4, -0.2) is 74.9 Å². The van der Waals surface area contributed by atoms with Gasteiger partial charge in [-0.2, -0.15) is 13.2 Å². The minimum Gasteiger partial charge on any atom is -0.379 e. The smallest absolute Gasteiger partial charge is 0.379 e. The number of carbonyl (C=O) groups excluding carboxylic acids is 1. The lowest BCUT2D eigenvalue weighted by atomic mass is 10.2. The number of carbonyl (C=O) groups is 1. The Hall–Kier alpha value is -3.33. The number of hydrogen-bond donors (Lipinski definition) is 1. The summed E-state index contributed by atoms with van der Waals surface area (Å²) in [7, 11) is 0. The van der Waals surface area contributed by atoms with E-state index < -0.39 is 11.7 Å². The number of ether oxygens (including phenoxy) is 1. The number of halogens is 3. The number of nitrogens with zero attached hydrogens (tertiary/aromatic N) is 6. The number of pyridine rings is 1. The molecule has 0 atom stereocenters. The van der Waals surface area contributed by atoms with E-state index in [1.807, 2.05) is 0 Å². The quantitative estimate of drug-likeness (QED) is 0.213. The Morgan fingerprint density at radius 3 is 2.77 bits per heavy atom. The minimum absolute atomic E-state index is 0.236.